The first-order chi connectivity index (χ1) is 7.52. The SMILES string of the molecule is CCC(N)CC(=O)Nc1ccc(Cl)c(F)c1. The van der Waals surface area contributed by atoms with Crippen molar-refractivity contribution >= 4 is 23.2 Å². The highest BCUT2D eigenvalue weighted by molar-refractivity contribution is 6.30. The Bertz CT molecular complexity index is 384. The van der Waals surface area contributed by atoms with Gasteiger partial charge in [-0.15, -0.1) is 0 Å². The lowest BCUT2D eigenvalue weighted by Gasteiger charge is -2.09. The molecule has 0 radical (unpaired) electrons. The van der Waals surface area contributed by atoms with Gasteiger partial charge in [0.1, 0.15) is 5.82 Å². The molecule has 0 heterocycles. The molecule has 1 amide bonds. The van der Waals surface area contributed by atoms with Crippen molar-refractivity contribution in [3.8, 4) is 0 Å². The van der Waals surface area contributed by atoms with Gasteiger partial charge < -0.3 is 11.1 Å². The maximum atomic E-state index is 13.1. The summed E-state index contributed by atoms with van der Waals surface area (Å²) in [7, 11) is 0. The molecule has 5 heteroatoms. The lowest BCUT2D eigenvalue weighted by atomic mass is 10.1. The molecule has 0 saturated carbocycles. The lowest BCUT2D eigenvalue weighted by Crippen LogP contribution is -2.26. The van der Waals surface area contributed by atoms with Crippen LogP contribution in [0.5, 0.6) is 0 Å². The third-order valence-electron chi connectivity index (χ3n) is 2.18. The quantitative estimate of drug-likeness (QED) is 0.855. The predicted octanol–water partition coefficient (Wildman–Crippen LogP) is 2.54. The molecule has 0 fully saturated rings. The van der Waals surface area contributed by atoms with E-state index in [1.54, 1.807) is 6.07 Å². The number of nitrogens with one attached hydrogen (secondary N) is 1. The second kappa shape index (κ2) is 5.82. The van der Waals surface area contributed by atoms with Crippen LogP contribution < -0.4 is 11.1 Å². The summed E-state index contributed by atoms with van der Waals surface area (Å²) in [6.45, 7) is 1.90. The molecule has 3 nitrogen and oxygen atoms in total. The fourth-order valence-corrected chi connectivity index (χ4v) is 1.29. The standard InChI is InChI=1S/C11H14ClFN2O/c1-2-7(14)5-11(16)15-8-3-4-9(12)10(13)6-8/h3-4,6-7H,2,5,14H2,1H3,(H,15,16). The van der Waals surface area contributed by atoms with E-state index < -0.39 is 5.82 Å². The second-order valence-corrected chi connectivity index (χ2v) is 3.96. The Morgan fingerprint density at radius 1 is 1.62 bits per heavy atom. The van der Waals surface area contributed by atoms with E-state index in [1.807, 2.05) is 6.92 Å². The average Bonchev–Trinajstić information content (AvgIpc) is 2.23. The summed E-state index contributed by atoms with van der Waals surface area (Å²) < 4.78 is 13.1. The van der Waals surface area contributed by atoms with E-state index in [2.05, 4.69) is 5.32 Å². The van der Waals surface area contributed by atoms with E-state index in [9.17, 15) is 9.18 Å². The number of nitrogens with two attached hydrogens (primary N) is 1. The fraction of sp³-hybridized carbons (Fsp3) is 0.364. The molecule has 1 aromatic carbocycles. The van der Waals surface area contributed by atoms with Crippen molar-refractivity contribution in [2.45, 2.75) is 25.8 Å². The zero-order chi connectivity index (χ0) is 12.1. The van der Waals surface area contributed by atoms with E-state index in [4.69, 9.17) is 17.3 Å². The van der Waals surface area contributed by atoms with Gasteiger partial charge in [0.2, 0.25) is 5.91 Å². The maximum Gasteiger partial charge on any atom is 0.225 e. The van der Waals surface area contributed by atoms with Gasteiger partial charge >= 0.3 is 0 Å². The van der Waals surface area contributed by atoms with Gasteiger partial charge in [-0.2, -0.15) is 0 Å². The highest BCUT2D eigenvalue weighted by Crippen LogP contribution is 2.18. The van der Waals surface area contributed by atoms with Crippen molar-refractivity contribution in [2.75, 3.05) is 5.32 Å². The average molecular weight is 245 g/mol. The largest absolute Gasteiger partial charge is 0.327 e. The van der Waals surface area contributed by atoms with Crippen LogP contribution in [-0.2, 0) is 4.79 Å². The molecule has 0 spiro atoms. The number of carbonyl (C=O) groups is 1. The van der Waals surface area contributed by atoms with Crippen molar-refractivity contribution in [3.63, 3.8) is 0 Å². The Kier molecular flexibility index (Phi) is 4.71. The third kappa shape index (κ3) is 3.79. The summed E-state index contributed by atoms with van der Waals surface area (Å²) in [5, 5.41) is 2.59. The smallest absolute Gasteiger partial charge is 0.225 e. The lowest BCUT2D eigenvalue weighted by molar-refractivity contribution is -0.116. The Morgan fingerprint density at radius 3 is 2.88 bits per heavy atom. The Morgan fingerprint density at radius 2 is 2.31 bits per heavy atom. The first-order valence-corrected chi connectivity index (χ1v) is 5.41. The van der Waals surface area contributed by atoms with Gasteiger partial charge in [-0.3, -0.25) is 4.79 Å². The van der Waals surface area contributed by atoms with Gasteiger partial charge in [-0.25, -0.2) is 4.39 Å². The fourth-order valence-electron chi connectivity index (χ4n) is 1.17. The van der Waals surface area contributed by atoms with Gasteiger partial charge in [0, 0.05) is 18.2 Å². The van der Waals surface area contributed by atoms with Gasteiger partial charge in [-0.1, -0.05) is 18.5 Å². The number of amides is 1. The van der Waals surface area contributed by atoms with E-state index in [0.29, 0.717) is 5.69 Å². The van der Waals surface area contributed by atoms with Crippen LogP contribution in [0.1, 0.15) is 19.8 Å². The Hall–Kier alpha value is -1.13. The van der Waals surface area contributed by atoms with Gasteiger partial charge in [0.05, 0.1) is 5.02 Å². The Balaban J connectivity index is 2.59. The minimum Gasteiger partial charge on any atom is -0.327 e. The van der Waals surface area contributed by atoms with E-state index in [1.165, 1.54) is 12.1 Å². The van der Waals surface area contributed by atoms with Crippen LogP contribution in [0.4, 0.5) is 10.1 Å². The first-order valence-electron chi connectivity index (χ1n) is 5.03. The molecule has 0 saturated heterocycles. The van der Waals surface area contributed by atoms with Crippen molar-refractivity contribution in [2.24, 2.45) is 5.73 Å². The number of carbonyl (C=O) groups excluding carboxylic acids is 1. The molecular weight excluding hydrogens is 231 g/mol. The number of halogens is 2. The number of rotatable bonds is 4. The van der Waals surface area contributed by atoms with Gasteiger partial charge in [0.25, 0.3) is 0 Å². The molecular formula is C11H14ClFN2O. The van der Waals surface area contributed by atoms with Crippen LogP contribution in [0.15, 0.2) is 18.2 Å². The topological polar surface area (TPSA) is 55.1 Å². The third-order valence-corrected chi connectivity index (χ3v) is 2.48. The second-order valence-electron chi connectivity index (χ2n) is 3.55. The zero-order valence-corrected chi connectivity index (χ0v) is 9.72. The Labute approximate surface area is 98.8 Å². The molecule has 1 rings (SSSR count). The van der Waals surface area contributed by atoms with E-state index >= 15 is 0 Å². The molecule has 1 aromatic rings. The molecule has 0 bridgehead atoms. The molecule has 88 valence electrons. The van der Waals surface area contributed by atoms with Gasteiger partial charge in [-0.05, 0) is 24.6 Å². The van der Waals surface area contributed by atoms with Crippen LogP contribution in [0, 0.1) is 5.82 Å². The van der Waals surface area contributed by atoms with Crippen LogP contribution in [0.25, 0.3) is 0 Å². The molecule has 0 aliphatic carbocycles. The van der Waals surface area contributed by atoms with E-state index in [-0.39, 0.29) is 23.4 Å². The molecule has 3 N–H and O–H groups in total. The van der Waals surface area contributed by atoms with Crippen LogP contribution in [0.2, 0.25) is 5.02 Å². The van der Waals surface area contributed by atoms with Crippen LogP contribution >= 0.6 is 11.6 Å². The highest BCUT2D eigenvalue weighted by atomic mass is 35.5. The zero-order valence-electron chi connectivity index (χ0n) is 8.97. The minimum atomic E-state index is -0.556. The van der Waals surface area contributed by atoms with E-state index in [0.717, 1.165) is 6.42 Å². The van der Waals surface area contributed by atoms with Crippen LogP contribution in [-0.4, -0.2) is 11.9 Å². The van der Waals surface area contributed by atoms with Crippen molar-refractivity contribution < 1.29 is 9.18 Å². The number of hydrogen-bond acceptors (Lipinski definition) is 2. The normalized spacial score (nSPS) is 12.2. The highest BCUT2D eigenvalue weighted by Gasteiger charge is 2.08. The summed E-state index contributed by atoms with van der Waals surface area (Å²) in [4.78, 5) is 11.4. The van der Waals surface area contributed by atoms with Gasteiger partial charge in [0.15, 0.2) is 0 Å². The molecule has 1 atom stereocenters. The molecule has 1 unspecified atom stereocenters. The summed E-state index contributed by atoms with van der Waals surface area (Å²) in [5.41, 5.74) is 6.01. The van der Waals surface area contributed by atoms with Crippen LogP contribution in [0.3, 0.4) is 0 Å². The molecule has 0 aliphatic rings. The summed E-state index contributed by atoms with van der Waals surface area (Å²) >= 11 is 5.52. The maximum absolute atomic E-state index is 13.1. The monoisotopic (exact) mass is 244 g/mol. The molecule has 0 aromatic heterocycles. The van der Waals surface area contributed by atoms with Crippen molar-refractivity contribution in [1.82, 2.24) is 0 Å². The van der Waals surface area contributed by atoms with Crippen molar-refractivity contribution in [1.29, 1.82) is 0 Å². The number of anilines is 1. The summed E-state index contributed by atoms with van der Waals surface area (Å²) in [6.07, 6.45) is 0.948. The molecule has 16 heavy (non-hydrogen) atoms. The number of hydrogen-bond donors (Lipinski definition) is 2. The summed E-state index contributed by atoms with van der Waals surface area (Å²) in [5.74, 6) is -0.782. The first kappa shape index (κ1) is 12.9. The minimum absolute atomic E-state index is 0.0308. The predicted molar refractivity (Wildman–Crippen MR) is 62.9 cm³/mol. The number of benzene rings is 1. The summed E-state index contributed by atoms with van der Waals surface area (Å²) in [6, 6.07) is 3.95. The molecule has 0 aliphatic heterocycles. The van der Waals surface area contributed by atoms with Crippen molar-refractivity contribution in [3.05, 3.63) is 29.0 Å².